The van der Waals surface area contributed by atoms with Gasteiger partial charge in [-0.05, 0) is 24.3 Å². The molecule has 2 amide bonds. The van der Waals surface area contributed by atoms with E-state index in [0.717, 1.165) is 11.4 Å². The van der Waals surface area contributed by atoms with Crippen LogP contribution in [0.5, 0.6) is 0 Å². The number of fused-ring (bicyclic) bond motifs is 2. The van der Waals surface area contributed by atoms with E-state index in [1.165, 1.54) is 9.79 Å². The van der Waals surface area contributed by atoms with Crippen LogP contribution in [0, 0.1) is 5.92 Å². The molecule has 0 saturated heterocycles. The molecular weight excluding hydrogens is 358 g/mol. The molecule has 2 N–H and O–H groups in total. The SMILES string of the molecule is CC(C)C(=O)NCCNC(=O)CCN1c2ccccc2Sc2ccccc21. The summed E-state index contributed by atoms with van der Waals surface area (Å²) in [5, 5.41) is 5.68. The number of carbonyl (C=O) groups excluding carboxylic acids is 2. The third kappa shape index (κ3) is 4.83. The van der Waals surface area contributed by atoms with Gasteiger partial charge in [0.15, 0.2) is 0 Å². The Morgan fingerprint density at radius 3 is 2.07 bits per heavy atom. The summed E-state index contributed by atoms with van der Waals surface area (Å²) in [4.78, 5) is 28.4. The molecule has 0 unspecified atom stereocenters. The fraction of sp³-hybridized carbons (Fsp3) is 0.333. The Kier molecular flexibility index (Phi) is 6.40. The molecule has 0 aromatic heterocycles. The number of anilines is 2. The van der Waals surface area contributed by atoms with Crippen LogP contribution in [0.3, 0.4) is 0 Å². The van der Waals surface area contributed by atoms with Crippen molar-refractivity contribution >= 4 is 35.0 Å². The maximum atomic E-state index is 12.2. The number of hydrogen-bond donors (Lipinski definition) is 2. The zero-order valence-corrected chi connectivity index (χ0v) is 16.5. The molecule has 0 spiro atoms. The van der Waals surface area contributed by atoms with E-state index in [-0.39, 0.29) is 17.7 Å². The van der Waals surface area contributed by atoms with Crippen molar-refractivity contribution in [3.63, 3.8) is 0 Å². The third-order valence-corrected chi connectivity index (χ3v) is 5.50. The minimum atomic E-state index is -0.0437. The Hall–Kier alpha value is -2.47. The topological polar surface area (TPSA) is 61.4 Å². The van der Waals surface area contributed by atoms with E-state index in [1.807, 2.05) is 38.1 Å². The number of nitrogens with zero attached hydrogens (tertiary/aromatic N) is 1. The normalized spacial score (nSPS) is 12.3. The molecule has 2 aromatic rings. The van der Waals surface area contributed by atoms with E-state index in [2.05, 4.69) is 39.8 Å². The summed E-state index contributed by atoms with van der Waals surface area (Å²) >= 11 is 1.76. The van der Waals surface area contributed by atoms with Crippen molar-refractivity contribution in [2.75, 3.05) is 24.5 Å². The average Bonchev–Trinajstić information content (AvgIpc) is 2.68. The summed E-state index contributed by atoms with van der Waals surface area (Å²) < 4.78 is 0. The van der Waals surface area contributed by atoms with E-state index in [0.29, 0.717) is 26.1 Å². The van der Waals surface area contributed by atoms with Crippen LogP contribution in [0.2, 0.25) is 0 Å². The van der Waals surface area contributed by atoms with Crippen molar-refractivity contribution in [2.24, 2.45) is 5.92 Å². The van der Waals surface area contributed by atoms with E-state index in [1.54, 1.807) is 11.8 Å². The van der Waals surface area contributed by atoms with Gasteiger partial charge in [-0.2, -0.15) is 0 Å². The van der Waals surface area contributed by atoms with Gasteiger partial charge in [-0.25, -0.2) is 0 Å². The molecule has 1 aliphatic rings. The smallest absolute Gasteiger partial charge is 0.222 e. The summed E-state index contributed by atoms with van der Waals surface area (Å²) in [6.45, 7) is 5.20. The highest BCUT2D eigenvalue weighted by atomic mass is 32.2. The van der Waals surface area contributed by atoms with Crippen LogP contribution in [0.1, 0.15) is 20.3 Å². The maximum Gasteiger partial charge on any atom is 0.222 e. The summed E-state index contributed by atoms with van der Waals surface area (Å²) in [5.41, 5.74) is 2.27. The fourth-order valence-corrected chi connectivity index (χ4v) is 4.01. The largest absolute Gasteiger partial charge is 0.354 e. The van der Waals surface area contributed by atoms with Gasteiger partial charge in [0.2, 0.25) is 11.8 Å². The second kappa shape index (κ2) is 8.95. The van der Waals surface area contributed by atoms with Crippen molar-refractivity contribution < 1.29 is 9.59 Å². The lowest BCUT2D eigenvalue weighted by Crippen LogP contribution is -2.37. The fourth-order valence-electron chi connectivity index (χ4n) is 2.92. The molecule has 0 atom stereocenters. The minimum Gasteiger partial charge on any atom is -0.354 e. The van der Waals surface area contributed by atoms with Gasteiger partial charge < -0.3 is 15.5 Å². The van der Waals surface area contributed by atoms with Gasteiger partial charge >= 0.3 is 0 Å². The number of para-hydroxylation sites is 2. The highest BCUT2D eigenvalue weighted by Crippen LogP contribution is 2.47. The second-order valence-corrected chi connectivity index (χ2v) is 7.82. The van der Waals surface area contributed by atoms with E-state index in [9.17, 15) is 9.59 Å². The molecule has 0 bridgehead atoms. The van der Waals surface area contributed by atoms with Crippen molar-refractivity contribution in [1.29, 1.82) is 0 Å². The first-order valence-electron chi connectivity index (χ1n) is 9.24. The first kappa shape index (κ1) is 19.3. The van der Waals surface area contributed by atoms with Crippen LogP contribution in [0.15, 0.2) is 58.3 Å². The first-order chi connectivity index (χ1) is 13.1. The van der Waals surface area contributed by atoms with Crippen LogP contribution >= 0.6 is 11.8 Å². The minimum absolute atomic E-state index is 0.00304. The molecule has 2 aromatic carbocycles. The van der Waals surface area contributed by atoms with Crippen LogP contribution < -0.4 is 15.5 Å². The molecule has 5 nitrogen and oxygen atoms in total. The Balaban J connectivity index is 1.56. The van der Waals surface area contributed by atoms with Gasteiger partial charge in [-0.1, -0.05) is 49.9 Å². The second-order valence-electron chi connectivity index (χ2n) is 6.73. The molecule has 27 heavy (non-hydrogen) atoms. The molecule has 1 heterocycles. The monoisotopic (exact) mass is 383 g/mol. The van der Waals surface area contributed by atoms with Gasteiger partial charge in [0.1, 0.15) is 0 Å². The summed E-state index contributed by atoms with van der Waals surface area (Å²) in [6.07, 6.45) is 0.394. The summed E-state index contributed by atoms with van der Waals surface area (Å²) in [6, 6.07) is 16.5. The maximum absolute atomic E-state index is 12.2. The van der Waals surface area contributed by atoms with Gasteiger partial charge in [0, 0.05) is 41.8 Å². The van der Waals surface area contributed by atoms with Crippen LogP contribution in [-0.2, 0) is 9.59 Å². The Morgan fingerprint density at radius 2 is 1.48 bits per heavy atom. The van der Waals surface area contributed by atoms with Crippen LogP contribution in [0.25, 0.3) is 0 Å². The molecular formula is C21H25N3O2S. The van der Waals surface area contributed by atoms with Gasteiger partial charge in [0.25, 0.3) is 0 Å². The molecule has 3 rings (SSSR count). The molecule has 6 heteroatoms. The number of hydrogen-bond acceptors (Lipinski definition) is 4. The molecule has 0 fully saturated rings. The predicted octanol–water partition coefficient (Wildman–Crippen LogP) is 3.57. The zero-order chi connectivity index (χ0) is 19.2. The average molecular weight is 384 g/mol. The number of amides is 2. The number of carbonyl (C=O) groups is 2. The summed E-state index contributed by atoms with van der Waals surface area (Å²) in [7, 11) is 0. The quantitative estimate of drug-likeness (QED) is 0.718. The van der Waals surface area contributed by atoms with E-state index in [4.69, 9.17) is 0 Å². The highest BCUT2D eigenvalue weighted by molar-refractivity contribution is 7.99. The zero-order valence-electron chi connectivity index (χ0n) is 15.7. The standard InChI is InChI=1S/C21H25N3O2S/c1-15(2)21(26)23-13-12-22-20(25)11-14-24-16-7-3-5-9-18(16)27-19-10-6-4-8-17(19)24/h3-10,15H,11-14H2,1-2H3,(H,22,25)(H,23,26). The van der Waals surface area contributed by atoms with Crippen molar-refractivity contribution in [3.05, 3.63) is 48.5 Å². The number of rotatable bonds is 7. The van der Waals surface area contributed by atoms with Gasteiger partial charge in [0.05, 0.1) is 11.4 Å². The Morgan fingerprint density at radius 1 is 0.926 bits per heavy atom. The summed E-state index contributed by atoms with van der Waals surface area (Å²) in [5.74, 6) is -0.0527. The first-order valence-corrected chi connectivity index (χ1v) is 10.1. The molecule has 0 radical (unpaired) electrons. The molecule has 0 aliphatic carbocycles. The highest BCUT2D eigenvalue weighted by Gasteiger charge is 2.23. The lowest BCUT2D eigenvalue weighted by molar-refractivity contribution is -0.124. The van der Waals surface area contributed by atoms with Crippen molar-refractivity contribution in [1.82, 2.24) is 10.6 Å². The Labute approximate surface area is 164 Å². The molecule has 142 valence electrons. The number of benzene rings is 2. The third-order valence-electron chi connectivity index (χ3n) is 4.37. The molecule has 1 aliphatic heterocycles. The van der Waals surface area contributed by atoms with Gasteiger partial charge in [-0.3, -0.25) is 9.59 Å². The van der Waals surface area contributed by atoms with Gasteiger partial charge in [-0.15, -0.1) is 0 Å². The lowest BCUT2D eigenvalue weighted by atomic mass is 10.2. The van der Waals surface area contributed by atoms with Crippen molar-refractivity contribution in [2.45, 2.75) is 30.1 Å². The predicted molar refractivity (Wildman–Crippen MR) is 109 cm³/mol. The molecule has 0 saturated carbocycles. The van der Waals surface area contributed by atoms with E-state index < -0.39 is 0 Å². The van der Waals surface area contributed by atoms with Crippen LogP contribution in [0.4, 0.5) is 11.4 Å². The lowest BCUT2D eigenvalue weighted by Gasteiger charge is -2.32. The van der Waals surface area contributed by atoms with E-state index >= 15 is 0 Å². The van der Waals surface area contributed by atoms with Crippen molar-refractivity contribution in [3.8, 4) is 0 Å². The number of nitrogens with one attached hydrogen (secondary N) is 2. The van der Waals surface area contributed by atoms with Crippen LogP contribution in [-0.4, -0.2) is 31.4 Å². The Bertz CT molecular complexity index is 777.